The first-order valence-corrected chi connectivity index (χ1v) is 6.56. The number of rotatable bonds is 1. The Labute approximate surface area is 106 Å². The van der Waals surface area contributed by atoms with E-state index < -0.39 is 0 Å². The van der Waals surface area contributed by atoms with E-state index in [9.17, 15) is 5.11 Å². The Bertz CT molecular complexity index is 365. The summed E-state index contributed by atoms with van der Waals surface area (Å²) >= 11 is 12.2. The summed E-state index contributed by atoms with van der Waals surface area (Å²) in [7, 11) is 0. The Morgan fingerprint density at radius 3 is 2.69 bits per heavy atom. The molecule has 0 amide bonds. The highest BCUT2D eigenvalue weighted by atomic mass is 35.5. The van der Waals surface area contributed by atoms with E-state index in [0.717, 1.165) is 37.7 Å². The summed E-state index contributed by atoms with van der Waals surface area (Å²) in [4.78, 5) is 0. The van der Waals surface area contributed by atoms with Gasteiger partial charge in [0.15, 0.2) is 0 Å². The Kier molecular flexibility index (Phi) is 4.12. The van der Waals surface area contributed by atoms with Crippen LogP contribution in [0, 0.1) is 0 Å². The molecule has 1 N–H and O–H groups in total. The lowest BCUT2D eigenvalue weighted by molar-refractivity contribution is 0.152. The van der Waals surface area contributed by atoms with Gasteiger partial charge in [-0.15, -0.1) is 0 Å². The van der Waals surface area contributed by atoms with E-state index in [1.807, 2.05) is 12.1 Å². The van der Waals surface area contributed by atoms with Gasteiger partial charge < -0.3 is 5.11 Å². The molecule has 1 aromatic rings. The molecule has 1 aliphatic rings. The first-order valence-electron chi connectivity index (χ1n) is 5.80. The van der Waals surface area contributed by atoms with Crippen molar-refractivity contribution in [1.82, 2.24) is 0 Å². The second-order valence-electron chi connectivity index (χ2n) is 4.51. The number of aliphatic hydroxyl groups excluding tert-OH is 1. The molecule has 1 aliphatic carbocycles. The van der Waals surface area contributed by atoms with Crippen molar-refractivity contribution in [2.45, 2.75) is 44.1 Å². The predicted octanol–water partition coefficient (Wildman–Crippen LogP) is 4.40. The number of benzene rings is 1. The van der Waals surface area contributed by atoms with Crippen molar-refractivity contribution < 1.29 is 5.11 Å². The molecular formula is C13H16Cl2O. The summed E-state index contributed by atoms with van der Waals surface area (Å²) in [5.41, 5.74) is 1.09. The summed E-state index contributed by atoms with van der Waals surface area (Å²) in [6.07, 6.45) is 4.88. The maximum Gasteiger partial charge on any atom is 0.0627 e. The first kappa shape index (κ1) is 12.2. The topological polar surface area (TPSA) is 20.2 Å². The van der Waals surface area contributed by atoms with Crippen molar-refractivity contribution in [3.63, 3.8) is 0 Å². The van der Waals surface area contributed by atoms with Gasteiger partial charge in [0, 0.05) is 0 Å². The van der Waals surface area contributed by atoms with Crippen LogP contribution in [0.2, 0.25) is 10.0 Å². The van der Waals surface area contributed by atoms with E-state index in [-0.39, 0.29) is 6.10 Å². The molecule has 0 bridgehead atoms. The molecule has 3 heteroatoms. The fourth-order valence-corrected chi connectivity index (χ4v) is 2.92. The molecule has 1 saturated carbocycles. The zero-order valence-electron chi connectivity index (χ0n) is 9.13. The lowest BCUT2D eigenvalue weighted by Crippen LogP contribution is -2.09. The summed E-state index contributed by atoms with van der Waals surface area (Å²) in [5, 5.41) is 11.1. The molecule has 0 heterocycles. The van der Waals surface area contributed by atoms with Crippen LogP contribution >= 0.6 is 23.2 Å². The predicted molar refractivity (Wildman–Crippen MR) is 68.3 cm³/mol. The van der Waals surface area contributed by atoms with Crippen molar-refractivity contribution >= 4 is 23.2 Å². The third-order valence-electron chi connectivity index (χ3n) is 3.32. The van der Waals surface area contributed by atoms with Gasteiger partial charge >= 0.3 is 0 Å². The average Bonchev–Trinajstić information content (AvgIpc) is 2.47. The third-order valence-corrected chi connectivity index (χ3v) is 4.15. The van der Waals surface area contributed by atoms with Crippen LogP contribution in [0.25, 0.3) is 0 Å². The smallest absolute Gasteiger partial charge is 0.0627 e. The molecule has 2 unspecified atom stereocenters. The average molecular weight is 259 g/mol. The highest BCUT2D eigenvalue weighted by Gasteiger charge is 2.22. The molecular weight excluding hydrogens is 243 g/mol. The molecule has 1 aromatic carbocycles. The van der Waals surface area contributed by atoms with Gasteiger partial charge in [-0.1, -0.05) is 48.2 Å². The van der Waals surface area contributed by atoms with Gasteiger partial charge in [0.1, 0.15) is 0 Å². The lowest BCUT2D eigenvalue weighted by atomic mass is 9.91. The van der Waals surface area contributed by atoms with E-state index >= 15 is 0 Å². The van der Waals surface area contributed by atoms with Gasteiger partial charge in [-0.05, 0) is 36.8 Å². The van der Waals surface area contributed by atoms with E-state index in [1.54, 1.807) is 6.07 Å². The molecule has 16 heavy (non-hydrogen) atoms. The number of hydrogen-bond acceptors (Lipinski definition) is 1. The fraction of sp³-hybridized carbons (Fsp3) is 0.538. The first-order chi connectivity index (χ1) is 7.68. The van der Waals surface area contributed by atoms with Gasteiger partial charge in [0.25, 0.3) is 0 Å². The molecule has 0 radical (unpaired) electrons. The minimum Gasteiger partial charge on any atom is -0.393 e. The molecule has 88 valence electrons. The zero-order valence-corrected chi connectivity index (χ0v) is 10.6. The van der Waals surface area contributed by atoms with Gasteiger partial charge in [0.2, 0.25) is 0 Å². The summed E-state index contributed by atoms with van der Waals surface area (Å²) in [6.45, 7) is 0. The minimum absolute atomic E-state index is 0.192. The van der Waals surface area contributed by atoms with Crippen molar-refractivity contribution in [2.24, 2.45) is 0 Å². The van der Waals surface area contributed by atoms with Crippen LogP contribution in [0.5, 0.6) is 0 Å². The second kappa shape index (κ2) is 5.39. The molecule has 2 rings (SSSR count). The monoisotopic (exact) mass is 258 g/mol. The normalized spacial score (nSPS) is 26.4. The number of aliphatic hydroxyl groups is 1. The molecule has 0 spiro atoms. The molecule has 1 nitrogen and oxygen atoms in total. The highest BCUT2D eigenvalue weighted by Crippen LogP contribution is 2.38. The van der Waals surface area contributed by atoms with Crippen molar-refractivity contribution in [2.75, 3.05) is 0 Å². The highest BCUT2D eigenvalue weighted by molar-refractivity contribution is 6.42. The van der Waals surface area contributed by atoms with Gasteiger partial charge in [-0.2, -0.15) is 0 Å². The molecule has 2 atom stereocenters. The fourth-order valence-electron chi connectivity index (χ4n) is 2.45. The maximum atomic E-state index is 9.81. The Morgan fingerprint density at radius 1 is 1.12 bits per heavy atom. The van der Waals surface area contributed by atoms with Crippen LogP contribution in [-0.4, -0.2) is 11.2 Å². The van der Waals surface area contributed by atoms with Gasteiger partial charge in [0.05, 0.1) is 16.1 Å². The van der Waals surface area contributed by atoms with E-state index in [1.165, 1.54) is 0 Å². The van der Waals surface area contributed by atoms with E-state index in [4.69, 9.17) is 23.2 Å². The zero-order chi connectivity index (χ0) is 11.5. The standard InChI is InChI=1S/C13H16Cl2O/c14-12-7-3-6-11(13(12)15)9-4-1-2-5-10(16)8-9/h3,6-7,9-10,16H,1-2,4-5,8H2. The van der Waals surface area contributed by atoms with Crippen LogP contribution in [-0.2, 0) is 0 Å². The largest absolute Gasteiger partial charge is 0.393 e. The SMILES string of the molecule is OC1CCCCC(c2cccc(Cl)c2Cl)C1. The molecule has 1 fully saturated rings. The van der Waals surface area contributed by atoms with Crippen LogP contribution < -0.4 is 0 Å². The van der Waals surface area contributed by atoms with Crippen molar-refractivity contribution in [1.29, 1.82) is 0 Å². The van der Waals surface area contributed by atoms with Gasteiger partial charge in [-0.25, -0.2) is 0 Å². The lowest BCUT2D eigenvalue weighted by Gasteiger charge is -2.18. The third kappa shape index (κ3) is 2.71. The molecule has 0 aliphatic heterocycles. The van der Waals surface area contributed by atoms with Crippen LogP contribution in [0.15, 0.2) is 18.2 Å². The minimum atomic E-state index is -0.192. The number of halogens is 2. The van der Waals surface area contributed by atoms with Crippen LogP contribution in [0.3, 0.4) is 0 Å². The van der Waals surface area contributed by atoms with Crippen molar-refractivity contribution in [3.05, 3.63) is 33.8 Å². The van der Waals surface area contributed by atoms with Crippen LogP contribution in [0.4, 0.5) is 0 Å². The van der Waals surface area contributed by atoms with Crippen molar-refractivity contribution in [3.8, 4) is 0 Å². The Balaban J connectivity index is 2.24. The molecule has 0 saturated heterocycles. The van der Waals surface area contributed by atoms with Gasteiger partial charge in [-0.3, -0.25) is 0 Å². The summed E-state index contributed by atoms with van der Waals surface area (Å²) in [5.74, 6) is 0.351. The number of hydrogen-bond donors (Lipinski definition) is 1. The summed E-state index contributed by atoms with van der Waals surface area (Å²) < 4.78 is 0. The second-order valence-corrected chi connectivity index (χ2v) is 5.30. The Morgan fingerprint density at radius 2 is 1.88 bits per heavy atom. The van der Waals surface area contributed by atoms with E-state index in [0.29, 0.717) is 16.0 Å². The quantitative estimate of drug-likeness (QED) is 0.741. The summed E-state index contributed by atoms with van der Waals surface area (Å²) in [6, 6.07) is 5.76. The van der Waals surface area contributed by atoms with Crippen LogP contribution in [0.1, 0.15) is 43.6 Å². The molecule has 0 aromatic heterocycles. The van der Waals surface area contributed by atoms with E-state index in [2.05, 4.69) is 0 Å². The Hall–Kier alpha value is -0.240. The maximum absolute atomic E-state index is 9.81.